The van der Waals surface area contributed by atoms with E-state index in [2.05, 4.69) is 30.4 Å². The number of nitrogens with two attached hydrogens (primary N) is 4. The number of nitrogens with zero attached hydrogens (tertiary/aromatic N) is 6. The molecule has 4 aromatic rings. The van der Waals surface area contributed by atoms with Crippen molar-refractivity contribution in [3.8, 4) is 22.5 Å². The number of rotatable bonds is 2. The first-order valence-corrected chi connectivity index (χ1v) is 9.00. The molecule has 0 aliphatic rings. The van der Waals surface area contributed by atoms with Crippen molar-refractivity contribution in [1.29, 1.82) is 0 Å². The Labute approximate surface area is 178 Å². The van der Waals surface area contributed by atoms with Crippen LogP contribution in [0.1, 0.15) is 11.1 Å². The topological polar surface area (TPSA) is 213 Å². The van der Waals surface area contributed by atoms with Gasteiger partial charge in [-0.2, -0.15) is 9.97 Å². The number of hydrogen-bond donors (Lipinski definition) is 4. The molecule has 160 valence electrons. The highest BCUT2D eigenvalue weighted by atomic mass is 16.0. The monoisotopic (exact) mass is 420 g/mol. The van der Waals surface area contributed by atoms with Crippen LogP contribution in [0, 0.1) is 13.8 Å². The molecule has 0 bridgehead atoms. The molecule has 0 unspecified atom stereocenters. The Bertz CT molecular complexity index is 1090. The molecule has 2 aromatic carbocycles. The Kier molecular flexibility index (Phi) is 7.31. The molecule has 2 heterocycles. The van der Waals surface area contributed by atoms with E-state index in [0.29, 0.717) is 23.0 Å². The molecule has 0 atom stereocenters. The summed E-state index contributed by atoms with van der Waals surface area (Å²) in [7, 11) is 0. The van der Waals surface area contributed by atoms with Crippen molar-refractivity contribution >= 4 is 23.5 Å². The van der Waals surface area contributed by atoms with Crippen molar-refractivity contribution in [3.63, 3.8) is 0 Å². The van der Waals surface area contributed by atoms with Gasteiger partial charge in [-0.15, -0.1) is 20.4 Å². The van der Waals surface area contributed by atoms with E-state index in [1.165, 1.54) is 0 Å². The van der Waals surface area contributed by atoms with E-state index >= 15 is 0 Å². The molecule has 11 nitrogen and oxygen atoms in total. The van der Waals surface area contributed by atoms with E-state index in [-0.39, 0.29) is 17.4 Å². The van der Waals surface area contributed by atoms with Crippen LogP contribution < -0.4 is 22.9 Å². The van der Waals surface area contributed by atoms with Gasteiger partial charge in [0.25, 0.3) is 0 Å². The van der Waals surface area contributed by atoms with Gasteiger partial charge in [-0.3, -0.25) is 0 Å². The molecule has 0 aliphatic carbocycles. The summed E-state index contributed by atoms with van der Waals surface area (Å²) in [6.45, 7) is 3.96. The fourth-order valence-electron chi connectivity index (χ4n) is 2.76. The van der Waals surface area contributed by atoms with E-state index in [9.17, 15) is 0 Å². The van der Waals surface area contributed by atoms with Crippen molar-refractivity contribution in [2.75, 3.05) is 22.9 Å². The zero-order valence-electron chi connectivity index (χ0n) is 17.1. The molecule has 0 saturated heterocycles. The maximum atomic E-state index is 5.73. The largest absolute Gasteiger partial charge is 0.412 e. The summed E-state index contributed by atoms with van der Waals surface area (Å²) in [5, 5.41) is 15.3. The van der Waals surface area contributed by atoms with Gasteiger partial charge in [-0.1, -0.05) is 48.5 Å². The second kappa shape index (κ2) is 9.89. The summed E-state index contributed by atoms with van der Waals surface area (Å²) in [6, 6.07) is 15.5. The third-order valence-corrected chi connectivity index (χ3v) is 4.26. The van der Waals surface area contributed by atoms with Gasteiger partial charge in [-0.05, 0) is 25.0 Å². The number of benzene rings is 2. The Hall–Kier alpha value is -4.38. The first-order valence-electron chi connectivity index (χ1n) is 9.00. The van der Waals surface area contributed by atoms with Gasteiger partial charge >= 0.3 is 0 Å². The quantitative estimate of drug-likeness (QED) is 0.363. The van der Waals surface area contributed by atoms with Gasteiger partial charge in [0, 0.05) is 11.1 Å². The zero-order valence-corrected chi connectivity index (χ0v) is 17.1. The number of aryl methyl sites for hydroxylation is 2. The SMILES string of the molecule is Cc1ccccc1-c1nnc(N)nc1N.Cc1ccccc1-c1nnc(N)nc1N.O. The van der Waals surface area contributed by atoms with E-state index in [4.69, 9.17) is 22.9 Å². The Balaban J connectivity index is 0.000000213. The Morgan fingerprint density at radius 2 is 0.903 bits per heavy atom. The third-order valence-electron chi connectivity index (χ3n) is 4.26. The lowest BCUT2D eigenvalue weighted by Crippen LogP contribution is -2.04. The second-order valence-corrected chi connectivity index (χ2v) is 6.44. The normalized spacial score (nSPS) is 9.87. The number of anilines is 4. The number of nitrogen functional groups attached to an aromatic ring is 4. The van der Waals surface area contributed by atoms with Gasteiger partial charge in [0.1, 0.15) is 11.4 Å². The third kappa shape index (κ3) is 5.36. The van der Waals surface area contributed by atoms with Crippen molar-refractivity contribution in [2.24, 2.45) is 0 Å². The maximum Gasteiger partial charge on any atom is 0.242 e. The molecule has 0 fully saturated rings. The molecule has 10 N–H and O–H groups in total. The van der Waals surface area contributed by atoms with Crippen LogP contribution in [0.3, 0.4) is 0 Å². The van der Waals surface area contributed by atoms with Crippen molar-refractivity contribution in [1.82, 2.24) is 30.4 Å². The summed E-state index contributed by atoms with van der Waals surface area (Å²) in [4.78, 5) is 7.75. The highest BCUT2D eigenvalue weighted by molar-refractivity contribution is 5.73. The standard InChI is InChI=1S/2C10H11N5.H2O/c2*1-6-4-2-3-5-7(6)8-9(11)13-10(12)15-14-8;/h2*2-5H,1H3,(H4,11,12,13,15);1H2. The van der Waals surface area contributed by atoms with Crippen LogP contribution in [0.4, 0.5) is 23.5 Å². The minimum absolute atomic E-state index is 0. The molecule has 0 aliphatic heterocycles. The highest BCUT2D eigenvalue weighted by Gasteiger charge is 2.10. The summed E-state index contributed by atoms with van der Waals surface area (Å²) < 4.78 is 0. The van der Waals surface area contributed by atoms with Gasteiger partial charge < -0.3 is 28.4 Å². The summed E-state index contributed by atoms with van der Waals surface area (Å²) in [5.41, 5.74) is 27.4. The second-order valence-electron chi connectivity index (χ2n) is 6.44. The first kappa shape index (κ1) is 22.9. The molecule has 31 heavy (non-hydrogen) atoms. The van der Waals surface area contributed by atoms with Crippen LogP contribution in [0.15, 0.2) is 48.5 Å². The molecule has 2 aromatic heterocycles. The van der Waals surface area contributed by atoms with Crippen LogP contribution in [-0.2, 0) is 0 Å². The lowest BCUT2D eigenvalue weighted by molar-refractivity contribution is 0.824. The summed E-state index contributed by atoms with van der Waals surface area (Å²) in [5.74, 6) is 0.781. The van der Waals surface area contributed by atoms with Crippen molar-refractivity contribution in [3.05, 3.63) is 59.7 Å². The predicted molar refractivity (Wildman–Crippen MR) is 121 cm³/mol. The van der Waals surface area contributed by atoms with Gasteiger partial charge in [0.2, 0.25) is 11.9 Å². The number of hydrogen-bond acceptors (Lipinski definition) is 10. The lowest BCUT2D eigenvalue weighted by atomic mass is 10.1. The molecular formula is C20H24N10O. The number of aromatic nitrogens is 6. The smallest absolute Gasteiger partial charge is 0.242 e. The molecule has 4 rings (SSSR count). The first-order chi connectivity index (χ1) is 14.4. The molecule has 11 heteroatoms. The van der Waals surface area contributed by atoms with Crippen LogP contribution in [0.2, 0.25) is 0 Å². The summed E-state index contributed by atoms with van der Waals surface area (Å²) >= 11 is 0. The van der Waals surface area contributed by atoms with E-state index in [0.717, 1.165) is 22.3 Å². The minimum atomic E-state index is 0. The average molecular weight is 420 g/mol. The fraction of sp³-hybridized carbons (Fsp3) is 0.100. The van der Waals surface area contributed by atoms with Crippen LogP contribution in [0.5, 0.6) is 0 Å². The minimum Gasteiger partial charge on any atom is -0.412 e. The van der Waals surface area contributed by atoms with Gasteiger partial charge in [0.05, 0.1) is 0 Å². The van der Waals surface area contributed by atoms with Crippen molar-refractivity contribution in [2.45, 2.75) is 13.8 Å². The Morgan fingerprint density at radius 3 is 1.23 bits per heavy atom. The van der Waals surface area contributed by atoms with Crippen molar-refractivity contribution < 1.29 is 5.48 Å². The molecule has 0 amide bonds. The maximum absolute atomic E-state index is 5.73. The molecule has 0 saturated carbocycles. The van der Waals surface area contributed by atoms with Gasteiger partial charge in [0.15, 0.2) is 11.6 Å². The molecule has 0 spiro atoms. The predicted octanol–water partition coefficient (Wildman–Crippen LogP) is 1.20. The van der Waals surface area contributed by atoms with E-state index in [1.807, 2.05) is 62.4 Å². The average Bonchev–Trinajstić information content (AvgIpc) is 2.70. The fourth-order valence-corrected chi connectivity index (χ4v) is 2.76. The van der Waals surface area contributed by atoms with Crippen LogP contribution in [0.25, 0.3) is 22.5 Å². The zero-order chi connectivity index (χ0) is 21.7. The van der Waals surface area contributed by atoms with Crippen LogP contribution >= 0.6 is 0 Å². The lowest BCUT2D eigenvalue weighted by Gasteiger charge is -2.05. The molecular weight excluding hydrogens is 396 g/mol. The van der Waals surface area contributed by atoms with E-state index < -0.39 is 0 Å². The summed E-state index contributed by atoms with van der Waals surface area (Å²) in [6.07, 6.45) is 0. The van der Waals surface area contributed by atoms with Crippen LogP contribution in [-0.4, -0.2) is 35.8 Å². The van der Waals surface area contributed by atoms with Gasteiger partial charge in [-0.25, -0.2) is 0 Å². The van der Waals surface area contributed by atoms with E-state index in [1.54, 1.807) is 0 Å². The Morgan fingerprint density at radius 1 is 0.548 bits per heavy atom. The molecule has 0 radical (unpaired) electrons. The highest BCUT2D eigenvalue weighted by Crippen LogP contribution is 2.25.